The van der Waals surface area contributed by atoms with Gasteiger partial charge in [0.05, 0.1) is 6.61 Å². The van der Waals surface area contributed by atoms with Gasteiger partial charge in [0.15, 0.2) is 6.10 Å². The van der Waals surface area contributed by atoms with Gasteiger partial charge in [-0.15, -0.1) is 0 Å². The maximum absolute atomic E-state index is 10.9. The highest BCUT2D eigenvalue weighted by Gasteiger charge is 2.17. The Morgan fingerprint density at radius 1 is 1.33 bits per heavy atom. The molecule has 0 aliphatic carbocycles. The van der Waals surface area contributed by atoms with Crippen LogP contribution in [-0.2, 0) is 9.53 Å². The number of carboxylic acids is 1. The van der Waals surface area contributed by atoms with Gasteiger partial charge in [-0.3, -0.25) is 0 Å². The fourth-order valence-electron chi connectivity index (χ4n) is 1.57. The summed E-state index contributed by atoms with van der Waals surface area (Å²) in [6.45, 7) is 6.55. The van der Waals surface area contributed by atoms with Crippen molar-refractivity contribution in [1.29, 1.82) is 0 Å². The lowest BCUT2D eigenvalue weighted by Crippen LogP contribution is -2.26. The summed E-state index contributed by atoms with van der Waals surface area (Å²) in [5, 5.41) is 8.90. The Bertz CT molecular complexity index is 401. The molecule has 100 valence electrons. The van der Waals surface area contributed by atoms with Crippen molar-refractivity contribution in [1.82, 2.24) is 0 Å². The van der Waals surface area contributed by atoms with Gasteiger partial charge in [0, 0.05) is 13.0 Å². The molecule has 1 N–H and O–H groups in total. The minimum Gasteiger partial charge on any atom is -0.493 e. The van der Waals surface area contributed by atoms with E-state index in [4.69, 9.17) is 14.6 Å². The number of aliphatic carboxylic acids is 1. The maximum Gasteiger partial charge on any atom is 0.332 e. The van der Waals surface area contributed by atoms with Crippen molar-refractivity contribution in [3.05, 3.63) is 29.3 Å². The van der Waals surface area contributed by atoms with E-state index in [1.165, 1.54) is 5.56 Å². The molecule has 0 amide bonds. The van der Waals surface area contributed by atoms with Crippen LogP contribution < -0.4 is 4.74 Å². The average Bonchev–Trinajstić information content (AvgIpc) is 2.32. The fourth-order valence-corrected chi connectivity index (χ4v) is 1.57. The van der Waals surface area contributed by atoms with E-state index in [2.05, 4.69) is 0 Å². The molecule has 0 saturated heterocycles. The van der Waals surface area contributed by atoms with Crippen LogP contribution in [0.5, 0.6) is 5.75 Å². The van der Waals surface area contributed by atoms with Crippen LogP contribution in [0.2, 0.25) is 0 Å². The highest BCUT2D eigenvalue weighted by molar-refractivity contribution is 5.72. The molecule has 0 heterocycles. The second-order valence-electron chi connectivity index (χ2n) is 4.17. The normalized spacial score (nSPS) is 12.2. The minimum absolute atomic E-state index is 0.333. The molecule has 0 aliphatic rings. The summed E-state index contributed by atoms with van der Waals surface area (Å²) in [5.74, 6) is -0.181. The summed E-state index contributed by atoms with van der Waals surface area (Å²) in [7, 11) is 0. The zero-order valence-corrected chi connectivity index (χ0v) is 11.1. The largest absolute Gasteiger partial charge is 0.493 e. The molecule has 1 aromatic rings. The standard InChI is InChI=1S/C14H20O4/c1-4-17-13(14(15)16)7-8-18-12-6-5-10(2)11(3)9-12/h5-6,9,13H,4,7-8H2,1-3H3,(H,15,16). The summed E-state index contributed by atoms with van der Waals surface area (Å²) >= 11 is 0. The molecule has 4 heteroatoms. The van der Waals surface area contributed by atoms with E-state index in [0.29, 0.717) is 19.6 Å². The van der Waals surface area contributed by atoms with E-state index < -0.39 is 12.1 Å². The Hall–Kier alpha value is -1.55. The van der Waals surface area contributed by atoms with Crippen LogP contribution in [0, 0.1) is 13.8 Å². The van der Waals surface area contributed by atoms with Gasteiger partial charge in [0.25, 0.3) is 0 Å². The van der Waals surface area contributed by atoms with Crippen molar-refractivity contribution in [3.63, 3.8) is 0 Å². The van der Waals surface area contributed by atoms with E-state index in [1.807, 2.05) is 32.0 Å². The second kappa shape index (κ2) is 7.01. The van der Waals surface area contributed by atoms with Crippen molar-refractivity contribution in [2.45, 2.75) is 33.3 Å². The number of carbonyl (C=O) groups is 1. The summed E-state index contributed by atoms with van der Waals surface area (Å²) in [5.41, 5.74) is 2.37. The topological polar surface area (TPSA) is 55.8 Å². The number of ether oxygens (including phenoxy) is 2. The van der Waals surface area contributed by atoms with E-state index in [0.717, 1.165) is 11.3 Å². The van der Waals surface area contributed by atoms with Crippen LogP contribution in [0.1, 0.15) is 24.5 Å². The second-order valence-corrected chi connectivity index (χ2v) is 4.17. The molecule has 1 rings (SSSR count). The van der Waals surface area contributed by atoms with Crippen molar-refractivity contribution in [2.24, 2.45) is 0 Å². The number of hydrogen-bond acceptors (Lipinski definition) is 3. The average molecular weight is 252 g/mol. The summed E-state index contributed by atoms with van der Waals surface area (Å²) in [6, 6.07) is 5.83. The third kappa shape index (κ3) is 4.37. The molecule has 0 spiro atoms. The third-order valence-electron chi connectivity index (χ3n) is 2.77. The Balaban J connectivity index is 2.44. The molecule has 0 radical (unpaired) electrons. The van der Waals surface area contributed by atoms with Gasteiger partial charge >= 0.3 is 5.97 Å². The Labute approximate surface area is 108 Å². The van der Waals surface area contributed by atoms with Crippen LogP contribution in [0.3, 0.4) is 0 Å². The van der Waals surface area contributed by atoms with Gasteiger partial charge < -0.3 is 14.6 Å². The number of hydrogen-bond donors (Lipinski definition) is 1. The number of carboxylic acid groups (broad SMARTS) is 1. The number of aryl methyl sites for hydroxylation is 2. The van der Waals surface area contributed by atoms with Gasteiger partial charge in [-0.25, -0.2) is 4.79 Å². The van der Waals surface area contributed by atoms with Crippen molar-refractivity contribution >= 4 is 5.97 Å². The van der Waals surface area contributed by atoms with E-state index >= 15 is 0 Å². The quantitative estimate of drug-likeness (QED) is 0.810. The lowest BCUT2D eigenvalue weighted by molar-refractivity contribution is -0.150. The van der Waals surface area contributed by atoms with Crippen LogP contribution in [-0.4, -0.2) is 30.4 Å². The van der Waals surface area contributed by atoms with E-state index in [-0.39, 0.29) is 0 Å². The monoisotopic (exact) mass is 252 g/mol. The lowest BCUT2D eigenvalue weighted by Gasteiger charge is -2.13. The summed E-state index contributed by atoms with van der Waals surface area (Å²) in [4.78, 5) is 10.9. The predicted molar refractivity (Wildman–Crippen MR) is 69.1 cm³/mol. The van der Waals surface area contributed by atoms with Crippen molar-refractivity contribution in [3.8, 4) is 5.75 Å². The molecule has 4 nitrogen and oxygen atoms in total. The smallest absolute Gasteiger partial charge is 0.332 e. The minimum atomic E-state index is -0.944. The molecule has 1 atom stereocenters. The zero-order chi connectivity index (χ0) is 13.5. The molecule has 0 bridgehead atoms. The third-order valence-corrected chi connectivity index (χ3v) is 2.77. The first-order valence-corrected chi connectivity index (χ1v) is 6.09. The van der Waals surface area contributed by atoms with Gasteiger partial charge in [-0.2, -0.15) is 0 Å². The summed E-state index contributed by atoms with van der Waals surface area (Å²) in [6.07, 6.45) is -0.447. The van der Waals surface area contributed by atoms with Crippen LogP contribution in [0.15, 0.2) is 18.2 Å². The maximum atomic E-state index is 10.9. The van der Waals surface area contributed by atoms with E-state index in [9.17, 15) is 4.79 Å². The van der Waals surface area contributed by atoms with Crippen LogP contribution >= 0.6 is 0 Å². The number of rotatable bonds is 7. The fraction of sp³-hybridized carbons (Fsp3) is 0.500. The highest BCUT2D eigenvalue weighted by atomic mass is 16.5. The molecular weight excluding hydrogens is 232 g/mol. The molecule has 1 unspecified atom stereocenters. The molecule has 0 aromatic heterocycles. The Morgan fingerprint density at radius 2 is 2.06 bits per heavy atom. The highest BCUT2D eigenvalue weighted by Crippen LogP contribution is 2.16. The Kier molecular flexibility index (Phi) is 5.65. The first-order valence-electron chi connectivity index (χ1n) is 6.09. The van der Waals surface area contributed by atoms with Crippen LogP contribution in [0.25, 0.3) is 0 Å². The number of benzene rings is 1. The van der Waals surface area contributed by atoms with E-state index in [1.54, 1.807) is 6.92 Å². The molecule has 0 aliphatic heterocycles. The van der Waals surface area contributed by atoms with Gasteiger partial charge in [-0.05, 0) is 44.0 Å². The first-order chi connectivity index (χ1) is 8.54. The molecule has 0 saturated carbocycles. The molecule has 0 fully saturated rings. The zero-order valence-electron chi connectivity index (χ0n) is 11.1. The Morgan fingerprint density at radius 3 is 2.61 bits per heavy atom. The van der Waals surface area contributed by atoms with Gasteiger partial charge in [0.1, 0.15) is 5.75 Å². The SMILES string of the molecule is CCOC(CCOc1ccc(C)c(C)c1)C(=O)O. The first kappa shape index (κ1) is 14.5. The van der Waals surface area contributed by atoms with Gasteiger partial charge in [-0.1, -0.05) is 6.07 Å². The molecule has 1 aromatic carbocycles. The van der Waals surface area contributed by atoms with Crippen molar-refractivity contribution in [2.75, 3.05) is 13.2 Å². The molecular formula is C14H20O4. The lowest BCUT2D eigenvalue weighted by atomic mass is 10.1. The predicted octanol–water partition coefficient (Wildman–Crippen LogP) is 2.56. The summed E-state index contributed by atoms with van der Waals surface area (Å²) < 4.78 is 10.6. The van der Waals surface area contributed by atoms with Crippen molar-refractivity contribution < 1.29 is 19.4 Å². The van der Waals surface area contributed by atoms with Crippen LogP contribution in [0.4, 0.5) is 0 Å². The van der Waals surface area contributed by atoms with Gasteiger partial charge in [0.2, 0.25) is 0 Å². The molecule has 18 heavy (non-hydrogen) atoms.